The van der Waals surface area contributed by atoms with Crippen LogP contribution in [0.4, 0.5) is 0 Å². The van der Waals surface area contributed by atoms with Gasteiger partial charge in [-0.1, -0.05) is 0 Å². The van der Waals surface area contributed by atoms with Crippen LogP contribution in [0.3, 0.4) is 0 Å². The third-order valence-electron chi connectivity index (χ3n) is 1.68. The van der Waals surface area contributed by atoms with E-state index >= 15 is 0 Å². The van der Waals surface area contributed by atoms with E-state index in [2.05, 4.69) is 0 Å². The maximum atomic E-state index is 11.5. The Morgan fingerprint density at radius 3 is 2.12 bits per heavy atom. The average Bonchev–Trinajstić information content (AvgIpc) is 2.09. The zero-order chi connectivity index (χ0) is 12.9. The molecule has 0 saturated heterocycles. The molecule has 1 N–H and O–H groups in total. The highest BCUT2D eigenvalue weighted by Gasteiger charge is 2.33. The van der Waals surface area contributed by atoms with Gasteiger partial charge >= 0.3 is 5.97 Å². The second-order valence-electron chi connectivity index (χ2n) is 4.46. The highest BCUT2D eigenvalue weighted by molar-refractivity contribution is 5.88. The number of carbonyl (C=O) groups excluding carboxylic acids is 2. The summed E-state index contributed by atoms with van der Waals surface area (Å²) >= 11 is 0. The van der Waals surface area contributed by atoms with E-state index in [4.69, 9.17) is 9.47 Å². The Labute approximate surface area is 95.7 Å². The summed E-state index contributed by atoms with van der Waals surface area (Å²) in [6, 6.07) is 0. The molecule has 0 aromatic heterocycles. The number of aliphatic hydroxyl groups is 1. The highest BCUT2D eigenvalue weighted by Crippen LogP contribution is 2.11. The van der Waals surface area contributed by atoms with Crippen molar-refractivity contribution in [2.24, 2.45) is 0 Å². The number of aliphatic hydroxyl groups excluding tert-OH is 1. The van der Waals surface area contributed by atoms with Gasteiger partial charge in [-0.2, -0.15) is 0 Å². The number of Topliss-reactive ketones (excluding diaryl/α,β-unsaturated/α-hetero) is 1. The Kier molecular flexibility index (Phi) is 5.61. The van der Waals surface area contributed by atoms with Gasteiger partial charge in [0.2, 0.25) is 0 Å². The molecule has 5 heteroatoms. The van der Waals surface area contributed by atoms with Crippen LogP contribution in [0.15, 0.2) is 0 Å². The first-order valence-electron chi connectivity index (χ1n) is 5.22. The van der Waals surface area contributed by atoms with E-state index < -0.39 is 29.6 Å². The van der Waals surface area contributed by atoms with Gasteiger partial charge in [-0.25, -0.2) is 4.79 Å². The Bertz CT molecular complexity index is 254. The molecule has 0 saturated carbocycles. The number of carbonyl (C=O) groups is 2. The van der Waals surface area contributed by atoms with E-state index in [-0.39, 0.29) is 6.61 Å². The number of ether oxygens (including phenoxy) is 2. The van der Waals surface area contributed by atoms with Gasteiger partial charge in [0.25, 0.3) is 0 Å². The summed E-state index contributed by atoms with van der Waals surface area (Å²) in [4.78, 5) is 22.6. The molecule has 94 valence electrons. The summed E-state index contributed by atoms with van der Waals surface area (Å²) in [6.07, 6.45) is -2.73. The normalized spacial score (nSPS) is 15.4. The summed E-state index contributed by atoms with van der Waals surface area (Å²) in [5, 5.41) is 9.62. The maximum absolute atomic E-state index is 11.5. The fraction of sp³-hybridized carbons (Fsp3) is 0.818. The van der Waals surface area contributed by atoms with Crippen LogP contribution in [0.2, 0.25) is 0 Å². The molecule has 2 unspecified atom stereocenters. The number of rotatable bonds is 5. The second-order valence-corrected chi connectivity index (χ2v) is 4.46. The van der Waals surface area contributed by atoms with Gasteiger partial charge in [0, 0.05) is 6.61 Å². The zero-order valence-electron chi connectivity index (χ0n) is 10.4. The van der Waals surface area contributed by atoms with Crippen LogP contribution < -0.4 is 0 Å². The number of hydrogen-bond donors (Lipinski definition) is 1. The van der Waals surface area contributed by atoms with Gasteiger partial charge in [0.1, 0.15) is 5.60 Å². The van der Waals surface area contributed by atoms with E-state index in [0.717, 1.165) is 0 Å². The van der Waals surface area contributed by atoms with Crippen molar-refractivity contribution in [2.75, 3.05) is 6.61 Å². The third kappa shape index (κ3) is 5.23. The quantitative estimate of drug-likeness (QED) is 0.706. The standard InChI is InChI=1S/C11H20O5/c1-6-15-9(7(2)12)8(13)10(14)16-11(3,4)5/h8-9,13H,6H2,1-5H3. The molecule has 0 rings (SSSR count). The summed E-state index contributed by atoms with van der Waals surface area (Å²) in [7, 11) is 0. The van der Waals surface area contributed by atoms with Gasteiger partial charge in [-0.05, 0) is 34.6 Å². The van der Waals surface area contributed by atoms with Crippen LogP contribution in [0.25, 0.3) is 0 Å². The molecule has 0 bridgehead atoms. The molecule has 0 aliphatic rings. The lowest BCUT2D eigenvalue weighted by atomic mass is 10.1. The molecular formula is C11H20O5. The van der Waals surface area contributed by atoms with Crippen LogP contribution in [0, 0.1) is 0 Å². The SMILES string of the molecule is CCOC(C(C)=O)C(O)C(=O)OC(C)(C)C. The lowest BCUT2D eigenvalue weighted by molar-refractivity contribution is -0.175. The van der Waals surface area contributed by atoms with Crippen molar-refractivity contribution in [3.8, 4) is 0 Å². The minimum absolute atomic E-state index is 0.240. The largest absolute Gasteiger partial charge is 0.458 e. The molecule has 0 spiro atoms. The first-order valence-corrected chi connectivity index (χ1v) is 5.22. The summed E-state index contributed by atoms with van der Waals surface area (Å²) in [5.41, 5.74) is -0.703. The van der Waals surface area contributed by atoms with Gasteiger partial charge < -0.3 is 14.6 Å². The number of ketones is 1. The smallest absolute Gasteiger partial charge is 0.338 e. The molecule has 0 radical (unpaired) electrons. The van der Waals surface area contributed by atoms with Crippen LogP contribution in [-0.4, -0.2) is 41.3 Å². The molecule has 0 aromatic rings. The Hall–Kier alpha value is -0.940. The molecule has 5 nitrogen and oxygen atoms in total. The summed E-state index contributed by atoms with van der Waals surface area (Å²) in [6.45, 7) is 8.22. The van der Waals surface area contributed by atoms with Crippen molar-refractivity contribution in [2.45, 2.75) is 52.4 Å². The van der Waals surface area contributed by atoms with E-state index in [9.17, 15) is 14.7 Å². The van der Waals surface area contributed by atoms with Crippen molar-refractivity contribution in [1.82, 2.24) is 0 Å². The number of esters is 1. The summed E-state index contributed by atoms with van der Waals surface area (Å²) in [5.74, 6) is -1.25. The Morgan fingerprint density at radius 2 is 1.81 bits per heavy atom. The molecule has 0 heterocycles. The first-order chi connectivity index (χ1) is 7.19. The maximum Gasteiger partial charge on any atom is 0.338 e. The molecule has 0 aliphatic carbocycles. The van der Waals surface area contributed by atoms with Crippen molar-refractivity contribution in [3.63, 3.8) is 0 Å². The monoisotopic (exact) mass is 232 g/mol. The predicted molar refractivity (Wildman–Crippen MR) is 57.9 cm³/mol. The van der Waals surface area contributed by atoms with E-state index in [1.807, 2.05) is 0 Å². The van der Waals surface area contributed by atoms with Crippen LogP contribution in [-0.2, 0) is 19.1 Å². The van der Waals surface area contributed by atoms with Crippen molar-refractivity contribution >= 4 is 11.8 Å². The molecule has 16 heavy (non-hydrogen) atoms. The van der Waals surface area contributed by atoms with Crippen LogP contribution in [0.5, 0.6) is 0 Å². The average molecular weight is 232 g/mol. The Balaban J connectivity index is 4.55. The van der Waals surface area contributed by atoms with E-state index in [1.165, 1.54) is 6.92 Å². The molecule has 0 aromatic carbocycles. The fourth-order valence-electron chi connectivity index (χ4n) is 1.10. The third-order valence-corrected chi connectivity index (χ3v) is 1.68. The minimum Gasteiger partial charge on any atom is -0.458 e. The zero-order valence-corrected chi connectivity index (χ0v) is 10.4. The lowest BCUT2D eigenvalue weighted by Crippen LogP contribution is -2.44. The van der Waals surface area contributed by atoms with Gasteiger partial charge in [0.15, 0.2) is 18.0 Å². The van der Waals surface area contributed by atoms with Gasteiger partial charge in [0.05, 0.1) is 0 Å². The Morgan fingerprint density at radius 1 is 1.31 bits per heavy atom. The fourth-order valence-corrected chi connectivity index (χ4v) is 1.10. The van der Waals surface area contributed by atoms with Crippen molar-refractivity contribution in [1.29, 1.82) is 0 Å². The highest BCUT2D eigenvalue weighted by atomic mass is 16.6. The predicted octanol–water partition coefficient (Wildman–Crippen LogP) is 0.683. The second kappa shape index (κ2) is 5.96. The first kappa shape index (κ1) is 15.1. The molecule has 2 atom stereocenters. The van der Waals surface area contributed by atoms with Gasteiger partial charge in [-0.15, -0.1) is 0 Å². The molecule has 0 aliphatic heterocycles. The minimum atomic E-state index is -1.57. The van der Waals surface area contributed by atoms with E-state index in [0.29, 0.717) is 0 Å². The van der Waals surface area contributed by atoms with E-state index in [1.54, 1.807) is 27.7 Å². The topological polar surface area (TPSA) is 72.8 Å². The van der Waals surface area contributed by atoms with Crippen molar-refractivity contribution in [3.05, 3.63) is 0 Å². The van der Waals surface area contributed by atoms with Crippen LogP contribution >= 0.6 is 0 Å². The summed E-state index contributed by atoms with van der Waals surface area (Å²) < 4.78 is 9.96. The lowest BCUT2D eigenvalue weighted by Gasteiger charge is -2.24. The number of hydrogen-bond acceptors (Lipinski definition) is 5. The molecular weight excluding hydrogens is 212 g/mol. The van der Waals surface area contributed by atoms with Crippen molar-refractivity contribution < 1.29 is 24.2 Å². The molecule has 0 amide bonds. The van der Waals surface area contributed by atoms with Crippen LogP contribution in [0.1, 0.15) is 34.6 Å². The van der Waals surface area contributed by atoms with Gasteiger partial charge in [-0.3, -0.25) is 4.79 Å². The molecule has 0 fully saturated rings.